The molecule has 11 nitrogen and oxygen atoms in total. The lowest BCUT2D eigenvalue weighted by atomic mass is 10.1. The SMILES string of the molecule is COC(=O)c1ccc2c(c1)C(=O)N(c1nnc(C(=O)Nc3cnccc3N3CCNCC3)s1)C2. The highest BCUT2D eigenvalue weighted by atomic mass is 32.1. The lowest BCUT2D eigenvalue weighted by Crippen LogP contribution is -2.43. The highest BCUT2D eigenvalue weighted by Gasteiger charge is 2.32. The third-order valence-corrected chi connectivity index (χ3v) is 6.62. The number of hydrogen-bond donors (Lipinski definition) is 2. The van der Waals surface area contributed by atoms with E-state index in [-0.39, 0.29) is 17.5 Å². The fourth-order valence-corrected chi connectivity index (χ4v) is 4.69. The lowest BCUT2D eigenvalue weighted by Gasteiger charge is -2.30. The number of amides is 2. The van der Waals surface area contributed by atoms with Gasteiger partial charge in [-0.15, -0.1) is 10.2 Å². The second kappa shape index (κ2) is 9.15. The molecule has 2 aliphatic rings. The normalized spacial score (nSPS) is 15.3. The van der Waals surface area contributed by atoms with Crippen LogP contribution in [0.25, 0.3) is 0 Å². The Balaban J connectivity index is 1.32. The summed E-state index contributed by atoms with van der Waals surface area (Å²) in [7, 11) is 1.29. The van der Waals surface area contributed by atoms with Crippen LogP contribution in [0.1, 0.15) is 36.1 Å². The van der Waals surface area contributed by atoms with Gasteiger partial charge in [0.25, 0.3) is 11.8 Å². The van der Waals surface area contributed by atoms with Crippen LogP contribution in [0.5, 0.6) is 0 Å². The molecule has 0 spiro atoms. The molecule has 0 aliphatic carbocycles. The van der Waals surface area contributed by atoms with Crippen LogP contribution in [0.4, 0.5) is 16.5 Å². The second-order valence-electron chi connectivity index (χ2n) is 7.73. The van der Waals surface area contributed by atoms with Gasteiger partial charge in [0.05, 0.1) is 36.8 Å². The summed E-state index contributed by atoms with van der Waals surface area (Å²) in [4.78, 5) is 45.4. The highest BCUT2D eigenvalue weighted by molar-refractivity contribution is 7.17. The zero-order valence-corrected chi connectivity index (χ0v) is 19.1. The van der Waals surface area contributed by atoms with Crippen molar-refractivity contribution in [2.24, 2.45) is 0 Å². The number of methoxy groups -OCH3 is 1. The zero-order chi connectivity index (χ0) is 23.7. The molecule has 0 bridgehead atoms. The molecule has 3 aromatic rings. The van der Waals surface area contributed by atoms with Gasteiger partial charge >= 0.3 is 5.97 Å². The van der Waals surface area contributed by atoms with Crippen LogP contribution in [-0.4, -0.2) is 66.3 Å². The van der Waals surface area contributed by atoms with Crippen LogP contribution in [0.15, 0.2) is 36.7 Å². The van der Waals surface area contributed by atoms with E-state index in [1.54, 1.807) is 24.5 Å². The Morgan fingerprint density at radius 2 is 2.00 bits per heavy atom. The lowest BCUT2D eigenvalue weighted by molar-refractivity contribution is 0.0600. The van der Waals surface area contributed by atoms with E-state index in [9.17, 15) is 14.4 Å². The van der Waals surface area contributed by atoms with Gasteiger partial charge in [0, 0.05) is 37.9 Å². The minimum atomic E-state index is -0.514. The van der Waals surface area contributed by atoms with E-state index in [1.807, 2.05) is 6.07 Å². The van der Waals surface area contributed by atoms with Gasteiger partial charge in [-0.05, 0) is 23.8 Å². The van der Waals surface area contributed by atoms with Crippen LogP contribution >= 0.6 is 11.3 Å². The standard InChI is InChI=1S/C22H21N7O4S/c1-33-21(32)13-2-3-14-12-29(20(31)15(14)10-13)22-27-26-19(34-22)18(30)25-16-11-24-5-4-17(16)28-8-6-23-7-9-28/h2-5,10-11,23H,6-9,12H2,1H3,(H,25,30). The Hall–Kier alpha value is -3.90. The number of esters is 1. The molecule has 1 fully saturated rings. The molecule has 2 aliphatic heterocycles. The summed E-state index contributed by atoms with van der Waals surface area (Å²) in [5.41, 5.74) is 2.94. The number of carbonyl (C=O) groups is 3. The number of benzene rings is 1. The summed E-state index contributed by atoms with van der Waals surface area (Å²) in [6.07, 6.45) is 3.30. The van der Waals surface area contributed by atoms with Crippen LogP contribution in [0.2, 0.25) is 0 Å². The first-order chi connectivity index (χ1) is 16.5. The topological polar surface area (TPSA) is 130 Å². The number of rotatable bonds is 5. The third-order valence-electron chi connectivity index (χ3n) is 5.68. The number of carbonyl (C=O) groups excluding carboxylic acids is 3. The maximum atomic E-state index is 12.9. The monoisotopic (exact) mass is 479 g/mol. The van der Waals surface area contributed by atoms with Crippen LogP contribution in [0, 0.1) is 0 Å². The summed E-state index contributed by atoms with van der Waals surface area (Å²) in [6.45, 7) is 3.66. The number of anilines is 3. The molecule has 34 heavy (non-hydrogen) atoms. The van der Waals surface area contributed by atoms with Gasteiger partial charge in [-0.1, -0.05) is 17.4 Å². The molecule has 0 atom stereocenters. The van der Waals surface area contributed by atoms with Crippen molar-refractivity contribution in [3.05, 3.63) is 58.4 Å². The number of fused-ring (bicyclic) bond motifs is 1. The fraction of sp³-hybridized carbons (Fsp3) is 0.273. The van der Waals surface area contributed by atoms with Gasteiger partial charge in [-0.25, -0.2) is 4.79 Å². The number of nitrogens with zero attached hydrogens (tertiary/aromatic N) is 5. The predicted molar refractivity (Wildman–Crippen MR) is 125 cm³/mol. The van der Waals surface area contributed by atoms with Gasteiger partial charge in [0.1, 0.15) is 0 Å². The Bertz CT molecular complexity index is 1270. The molecule has 2 amide bonds. The fourth-order valence-electron chi connectivity index (χ4n) is 3.96. The first-order valence-electron chi connectivity index (χ1n) is 10.6. The Labute approximate surface area is 198 Å². The van der Waals surface area contributed by atoms with Crippen molar-refractivity contribution in [2.75, 3.05) is 48.4 Å². The molecule has 0 radical (unpaired) electrons. The summed E-state index contributed by atoms with van der Waals surface area (Å²) in [6, 6.07) is 6.71. The molecule has 4 heterocycles. The van der Waals surface area contributed by atoms with E-state index in [0.717, 1.165) is 48.8 Å². The smallest absolute Gasteiger partial charge is 0.337 e. The maximum absolute atomic E-state index is 12.9. The van der Waals surface area contributed by atoms with Gasteiger partial charge in [0.15, 0.2) is 0 Å². The number of aromatic nitrogens is 3. The van der Waals surface area contributed by atoms with Gasteiger partial charge in [0.2, 0.25) is 10.1 Å². The van der Waals surface area contributed by atoms with Crippen molar-refractivity contribution >= 4 is 45.6 Å². The van der Waals surface area contributed by atoms with E-state index in [0.29, 0.717) is 21.9 Å². The van der Waals surface area contributed by atoms with E-state index in [1.165, 1.54) is 18.1 Å². The molecule has 0 saturated carbocycles. The highest BCUT2D eigenvalue weighted by Crippen LogP contribution is 2.32. The van der Waals surface area contributed by atoms with Crippen LogP contribution in [-0.2, 0) is 11.3 Å². The Morgan fingerprint density at radius 1 is 1.18 bits per heavy atom. The molecule has 12 heteroatoms. The summed E-state index contributed by atoms with van der Waals surface area (Å²) in [5, 5.41) is 14.7. The number of ether oxygens (including phenoxy) is 1. The maximum Gasteiger partial charge on any atom is 0.337 e. The molecule has 1 saturated heterocycles. The molecule has 174 valence electrons. The average Bonchev–Trinajstić information content (AvgIpc) is 3.49. The number of nitrogens with one attached hydrogen (secondary N) is 2. The molecular formula is C22H21N7O4S. The van der Waals surface area contributed by atoms with Crippen LogP contribution in [0.3, 0.4) is 0 Å². The minimum absolute atomic E-state index is 0.129. The quantitative estimate of drug-likeness (QED) is 0.524. The Morgan fingerprint density at radius 3 is 2.79 bits per heavy atom. The van der Waals surface area contributed by atoms with Crippen molar-refractivity contribution in [3.63, 3.8) is 0 Å². The molecule has 0 unspecified atom stereocenters. The number of piperazine rings is 1. The van der Waals surface area contributed by atoms with Crippen molar-refractivity contribution in [2.45, 2.75) is 6.54 Å². The number of hydrogen-bond acceptors (Lipinski definition) is 10. The van der Waals surface area contributed by atoms with E-state index >= 15 is 0 Å². The van der Waals surface area contributed by atoms with E-state index < -0.39 is 11.9 Å². The van der Waals surface area contributed by atoms with Gasteiger partial charge in [-0.2, -0.15) is 0 Å². The van der Waals surface area contributed by atoms with Gasteiger partial charge in [-0.3, -0.25) is 19.5 Å². The van der Waals surface area contributed by atoms with Gasteiger partial charge < -0.3 is 20.3 Å². The summed E-state index contributed by atoms with van der Waals surface area (Å²) < 4.78 is 4.73. The van der Waals surface area contributed by atoms with Crippen molar-refractivity contribution in [1.82, 2.24) is 20.5 Å². The minimum Gasteiger partial charge on any atom is -0.465 e. The molecule has 1 aromatic carbocycles. The van der Waals surface area contributed by atoms with E-state index in [2.05, 4.69) is 30.7 Å². The predicted octanol–water partition coefficient (Wildman–Crippen LogP) is 1.54. The van der Waals surface area contributed by atoms with Crippen molar-refractivity contribution in [1.29, 1.82) is 0 Å². The van der Waals surface area contributed by atoms with Crippen molar-refractivity contribution in [3.8, 4) is 0 Å². The largest absolute Gasteiger partial charge is 0.465 e. The zero-order valence-electron chi connectivity index (χ0n) is 18.3. The Kier molecular flexibility index (Phi) is 5.90. The first-order valence-corrected chi connectivity index (χ1v) is 11.4. The summed E-state index contributed by atoms with van der Waals surface area (Å²) >= 11 is 1.02. The molecule has 5 rings (SSSR count). The number of pyridine rings is 1. The van der Waals surface area contributed by atoms with Crippen LogP contribution < -0.4 is 20.4 Å². The average molecular weight is 480 g/mol. The second-order valence-corrected chi connectivity index (χ2v) is 8.68. The van der Waals surface area contributed by atoms with Crippen molar-refractivity contribution < 1.29 is 19.1 Å². The molecule has 2 aromatic heterocycles. The summed E-state index contributed by atoms with van der Waals surface area (Å²) in [5.74, 6) is -1.25. The van der Waals surface area contributed by atoms with E-state index in [4.69, 9.17) is 4.74 Å². The first kappa shape index (κ1) is 21.9. The molecule has 2 N–H and O–H groups in total. The molecular weight excluding hydrogens is 458 g/mol. The third kappa shape index (κ3) is 4.08.